The Bertz CT molecular complexity index is 270. The molecule has 0 radical (unpaired) electrons. The summed E-state index contributed by atoms with van der Waals surface area (Å²) in [4.78, 5) is 0. The van der Waals surface area contributed by atoms with Crippen molar-refractivity contribution in [2.75, 3.05) is 6.54 Å². The van der Waals surface area contributed by atoms with Gasteiger partial charge in [0.25, 0.3) is 0 Å². The fraction of sp³-hybridized carbons (Fsp3) is 1.00. The first-order chi connectivity index (χ1) is 7.77. The van der Waals surface area contributed by atoms with Crippen LogP contribution < -0.4 is 5.32 Å². The van der Waals surface area contributed by atoms with Gasteiger partial charge in [-0.15, -0.1) is 0 Å². The van der Waals surface area contributed by atoms with E-state index in [-0.39, 0.29) is 0 Å². The van der Waals surface area contributed by atoms with E-state index in [0.717, 1.165) is 12.2 Å². The molecule has 0 spiro atoms. The van der Waals surface area contributed by atoms with Crippen molar-refractivity contribution in [2.45, 2.75) is 43.8 Å². The lowest BCUT2D eigenvalue weighted by molar-refractivity contribution is -0.324. The average molecular weight is 291 g/mol. The Morgan fingerprint density at radius 3 is 1.56 bits per heavy atom. The standard InChI is InChI=1S/C8H10F9N/c1-2-18-8(16,17)7(14,15)5(9,10)3-4-6(11,12)13/h18H,2-4H2,1H3. The van der Waals surface area contributed by atoms with Gasteiger partial charge >= 0.3 is 24.1 Å². The lowest BCUT2D eigenvalue weighted by Crippen LogP contribution is -2.61. The third-order valence-electron chi connectivity index (χ3n) is 1.97. The Morgan fingerprint density at radius 1 is 0.778 bits per heavy atom. The minimum atomic E-state index is -5.92. The summed E-state index contributed by atoms with van der Waals surface area (Å²) in [5, 5.41) is 0.821. The first-order valence-electron chi connectivity index (χ1n) is 4.72. The first-order valence-corrected chi connectivity index (χ1v) is 4.72. The van der Waals surface area contributed by atoms with E-state index >= 15 is 0 Å². The number of nitrogens with one attached hydrogen (secondary N) is 1. The van der Waals surface area contributed by atoms with E-state index in [1.54, 1.807) is 0 Å². The number of hydrogen-bond acceptors (Lipinski definition) is 1. The molecular weight excluding hydrogens is 281 g/mol. The molecule has 18 heavy (non-hydrogen) atoms. The Morgan fingerprint density at radius 2 is 1.22 bits per heavy atom. The molecule has 0 saturated heterocycles. The van der Waals surface area contributed by atoms with Crippen LogP contribution in [0.2, 0.25) is 0 Å². The van der Waals surface area contributed by atoms with Crippen molar-refractivity contribution in [3.63, 3.8) is 0 Å². The maximum absolute atomic E-state index is 12.8. The largest absolute Gasteiger partial charge is 0.389 e. The van der Waals surface area contributed by atoms with Gasteiger partial charge in [0.2, 0.25) is 0 Å². The summed E-state index contributed by atoms with van der Waals surface area (Å²) >= 11 is 0. The number of hydrogen-bond donors (Lipinski definition) is 1. The van der Waals surface area contributed by atoms with Crippen molar-refractivity contribution < 1.29 is 39.5 Å². The van der Waals surface area contributed by atoms with Gasteiger partial charge in [0, 0.05) is 12.8 Å². The maximum Gasteiger partial charge on any atom is 0.389 e. The van der Waals surface area contributed by atoms with Crippen LogP contribution in [0.1, 0.15) is 19.8 Å². The summed E-state index contributed by atoms with van der Waals surface area (Å²) in [5.74, 6) is -11.4. The van der Waals surface area contributed by atoms with Crippen LogP contribution in [0.4, 0.5) is 39.5 Å². The summed E-state index contributed by atoms with van der Waals surface area (Å²) in [5.41, 5.74) is 0. The van der Waals surface area contributed by atoms with Gasteiger partial charge in [0.05, 0.1) is 0 Å². The van der Waals surface area contributed by atoms with Gasteiger partial charge in [-0.25, -0.2) is 0 Å². The molecule has 0 aromatic rings. The summed E-state index contributed by atoms with van der Waals surface area (Å²) in [6, 6.07) is -5.29. The van der Waals surface area contributed by atoms with Crippen LogP contribution in [0.15, 0.2) is 0 Å². The average Bonchev–Trinajstić information content (AvgIpc) is 2.13. The van der Waals surface area contributed by atoms with Crippen molar-refractivity contribution in [1.82, 2.24) is 5.32 Å². The quantitative estimate of drug-likeness (QED) is 0.580. The lowest BCUT2D eigenvalue weighted by atomic mass is 10.0. The second kappa shape index (κ2) is 5.14. The Balaban J connectivity index is 4.95. The van der Waals surface area contributed by atoms with Crippen LogP contribution in [0.25, 0.3) is 0 Å². The highest BCUT2D eigenvalue weighted by molar-refractivity contribution is 4.95. The third-order valence-corrected chi connectivity index (χ3v) is 1.97. The Kier molecular flexibility index (Phi) is 4.95. The summed E-state index contributed by atoms with van der Waals surface area (Å²) in [6.07, 6.45) is -9.82. The smallest absolute Gasteiger partial charge is 0.253 e. The summed E-state index contributed by atoms with van der Waals surface area (Å²) in [6.45, 7) is 0.204. The fourth-order valence-electron chi connectivity index (χ4n) is 1.02. The predicted molar refractivity (Wildman–Crippen MR) is 43.8 cm³/mol. The van der Waals surface area contributed by atoms with Crippen LogP contribution in [0.5, 0.6) is 0 Å². The molecule has 0 amide bonds. The zero-order chi connectivity index (χ0) is 14.8. The molecule has 0 fully saturated rings. The van der Waals surface area contributed by atoms with E-state index in [1.165, 1.54) is 0 Å². The minimum Gasteiger partial charge on any atom is -0.253 e. The SMILES string of the molecule is CCNC(F)(F)C(F)(F)C(F)(F)CCC(F)(F)F. The lowest BCUT2D eigenvalue weighted by Gasteiger charge is -2.33. The molecule has 0 bridgehead atoms. The summed E-state index contributed by atoms with van der Waals surface area (Å²) < 4.78 is 111. The molecule has 0 atom stereocenters. The van der Waals surface area contributed by atoms with Crippen LogP contribution in [0.3, 0.4) is 0 Å². The fourth-order valence-corrected chi connectivity index (χ4v) is 1.02. The summed E-state index contributed by atoms with van der Waals surface area (Å²) in [7, 11) is 0. The van der Waals surface area contributed by atoms with Crippen LogP contribution in [-0.2, 0) is 0 Å². The monoisotopic (exact) mass is 291 g/mol. The van der Waals surface area contributed by atoms with Gasteiger partial charge in [0.15, 0.2) is 0 Å². The van der Waals surface area contributed by atoms with E-state index in [4.69, 9.17) is 0 Å². The zero-order valence-corrected chi connectivity index (χ0v) is 9.02. The van der Waals surface area contributed by atoms with Gasteiger partial charge in [-0.1, -0.05) is 6.92 Å². The van der Waals surface area contributed by atoms with Crippen LogP contribution in [0, 0.1) is 0 Å². The molecule has 0 unspecified atom stereocenters. The molecule has 0 aromatic heterocycles. The molecule has 1 nitrogen and oxygen atoms in total. The van der Waals surface area contributed by atoms with Crippen molar-refractivity contribution in [3.05, 3.63) is 0 Å². The minimum absolute atomic E-state index is 0.752. The van der Waals surface area contributed by atoms with Crippen LogP contribution >= 0.6 is 0 Å². The van der Waals surface area contributed by atoms with E-state index in [2.05, 4.69) is 0 Å². The number of alkyl halides is 9. The van der Waals surface area contributed by atoms with Gasteiger partial charge in [-0.3, -0.25) is 5.32 Å². The highest BCUT2D eigenvalue weighted by atomic mass is 19.4. The second-order valence-electron chi connectivity index (χ2n) is 3.50. The van der Waals surface area contributed by atoms with Crippen molar-refractivity contribution >= 4 is 0 Å². The number of halogens is 9. The Labute approximate surface area is 96.3 Å². The molecule has 0 aliphatic rings. The van der Waals surface area contributed by atoms with Gasteiger partial charge in [-0.05, 0) is 6.54 Å². The molecule has 0 aromatic carbocycles. The van der Waals surface area contributed by atoms with E-state index in [0.29, 0.717) is 0 Å². The highest BCUT2D eigenvalue weighted by Gasteiger charge is 2.71. The molecule has 0 saturated carbocycles. The molecular formula is C8H10F9N. The normalized spacial score (nSPS) is 15.0. The first kappa shape index (κ1) is 17.3. The third kappa shape index (κ3) is 3.92. The molecule has 1 N–H and O–H groups in total. The molecule has 0 heterocycles. The predicted octanol–water partition coefficient (Wildman–Crippen LogP) is 3.80. The van der Waals surface area contributed by atoms with Gasteiger partial charge in [0.1, 0.15) is 0 Å². The van der Waals surface area contributed by atoms with Gasteiger partial charge < -0.3 is 0 Å². The van der Waals surface area contributed by atoms with E-state index in [9.17, 15) is 39.5 Å². The second-order valence-corrected chi connectivity index (χ2v) is 3.50. The van der Waals surface area contributed by atoms with Gasteiger partial charge in [-0.2, -0.15) is 39.5 Å². The molecule has 0 aliphatic heterocycles. The maximum atomic E-state index is 12.8. The van der Waals surface area contributed by atoms with E-state index in [1.807, 2.05) is 0 Å². The molecule has 110 valence electrons. The molecule has 10 heteroatoms. The van der Waals surface area contributed by atoms with Crippen LogP contribution in [-0.4, -0.2) is 30.6 Å². The topological polar surface area (TPSA) is 12.0 Å². The number of rotatable bonds is 6. The van der Waals surface area contributed by atoms with Crippen molar-refractivity contribution in [3.8, 4) is 0 Å². The zero-order valence-electron chi connectivity index (χ0n) is 9.02. The van der Waals surface area contributed by atoms with Crippen molar-refractivity contribution in [2.24, 2.45) is 0 Å². The van der Waals surface area contributed by atoms with E-state index < -0.39 is 43.5 Å². The Hall–Kier alpha value is -0.670. The van der Waals surface area contributed by atoms with Crippen molar-refractivity contribution in [1.29, 1.82) is 0 Å². The molecule has 0 aliphatic carbocycles. The highest BCUT2D eigenvalue weighted by Crippen LogP contribution is 2.47. The molecule has 0 rings (SSSR count).